The summed E-state index contributed by atoms with van der Waals surface area (Å²) in [6.45, 7) is 5.16. The first-order chi connectivity index (χ1) is 15.4. The molecule has 0 unspecified atom stereocenters. The second-order valence-electron chi connectivity index (χ2n) is 7.86. The normalized spacial score (nSPS) is 12.7. The summed E-state index contributed by atoms with van der Waals surface area (Å²) >= 11 is 0. The smallest absolute Gasteiger partial charge is 0.336 e. The Morgan fingerprint density at radius 1 is 1.00 bits per heavy atom. The highest BCUT2D eigenvalue weighted by molar-refractivity contribution is 6.05. The van der Waals surface area contributed by atoms with Gasteiger partial charge in [0, 0.05) is 50.0 Å². The van der Waals surface area contributed by atoms with Crippen LogP contribution < -0.4 is 15.1 Å². The largest absolute Gasteiger partial charge is 0.478 e. The molecule has 1 saturated heterocycles. The Labute approximate surface area is 222 Å². The lowest BCUT2D eigenvalue weighted by atomic mass is 10.1. The summed E-state index contributed by atoms with van der Waals surface area (Å²) in [6.07, 6.45) is 0. The predicted octanol–water partition coefficient (Wildman–Crippen LogP) is 4.42. The molecule has 11 heteroatoms. The van der Waals surface area contributed by atoms with E-state index in [4.69, 9.17) is 9.72 Å². The number of aromatic nitrogens is 1. The lowest BCUT2D eigenvalue weighted by molar-refractivity contribution is -0.119. The molecular weight excluding hydrogens is 515 g/mol. The molecular formula is C24H29Cl3N4O4. The van der Waals surface area contributed by atoms with Crippen molar-refractivity contribution >= 4 is 77.2 Å². The quantitative estimate of drug-likeness (QED) is 0.475. The van der Waals surface area contributed by atoms with Crippen LogP contribution in [0, 0.1) is 6.92 Å². The number of fused-ring (bicyclic) bond motifs is 1. The maximum absolute atomic E-state index is 12.0. The summed E-state index contributed by atoms with van der Waals surface area (Å²) in [6, 6.07) is 15.1. The van der Waals surface area contributed by atoms with Crippen molar-refractivity contribution in [2.24, 2.45) is 0 Å². The summed E-state index contributed by atoms with van der Waals surface area (Å²) in [5.41, 5.74) is 3.67. The van der Waals surface area contributed by atoms with Gasteiger partial charge in [0.05, 0.1) is 11.1 Å². The van der Waals surface area contributed by atoms with Gasteiger partial charge in [-0.05, 0) is 48.9 Å². The number of ether oxygens (including phenoxy) is 1. The fourth-order valence-electron chi connectivity index (χ4n) is 3.98. The van der Waals surface area contributed by atoms with E-state index in [9.17, 15) is 14.7 Å². The number of carboxylic acid groups (broad SMARTS) is 1. The number of benzene rings is 2. The second kappa shape index (κ2) is 13.3. The Morgan fingerprint density at radius 2 is 1.69 bits per heavy atom. The van der Waals surface area contributed by atoms with E-state index in [2.05, 4.69) is 46.3 Å². The van der Waals surface area contributed by atoms with Crippen LogP contribution >= 0.6 is 37.2 Å². The molecule has 1 aliphatic rings. The maximum atomic E-state index is 12.0. The number of carbonyl (C=O) groups excluding carboxylic acids is 1. The molecule has 1 amide bonds. The number of aromatic carboxylic acids is 1. The number of nitrogens with zero attached hydrogens (tertiary/aromatic N) is 3. The van der Waals surface area contributed by atoms with Crippen LogP contribution in [-0.2, 0) is 9.53 Å². The fourth-order valence-corrected chi connectivity index (χ4v) is 3.98. The van der Waals surface area contributed by atoms with Crippen LogP contribution in [-0.4, -0.2) is 61.9 Å². The highest BCUT2D eigenvalue weighted by atomic mass is 35.5. The van der Waals surface area contributed by atoms with Gasteiger partial charge in [-0.2, -0.15) is 0 Å². The van der Waals surface area contributed by atoms with Crippen molar-refractivity contribution in [1.29, 1.82) is 0 Å². The molecule has 0 aliphatic carbocycles. The van der Waals surface area contributed by atoms with Gasteiger partial charge in [-0.15, -0.1) is 37.2 Å². The number of pyridine rings is 1. The SMILES string of the molecule is COCC(=O)Nc1ccc2nc(N3CCN(c4cccc(C)c4)CC3)cc(C(=O)O)c2c1.Cl.Cl.Cl. The van der Waals surface area contributed by atoms with E-state index in [1.807, 2.05) is 0 Å². The van der Waals surface area contributed by atoms with Gasteiger partial charge in [0.1, 0.15) is 12.4 Å². The van der Waals surface area contributed by atoms with E-state index >= 15 is 0 Å². The van der Waals surface area contributed by atoms with E-state index < -0.39 is 5.97 Å². The minimum absolute atomic E-state index is 0. The van der Waals surface area contributed by atoms with Crippen molar-refractivity contribution in [2.45, 2.75) is 6.92 Å². The van der Waals surface area contributed by atoms with E-state index in [0.29, 0.717) is 22.4 Å². The summed E-state index contributed by atoms with van der Waals surface area (Å²) in [5, 5.41) is 13.0. The topological polar surface area (TPSA) is 95.0 Å². The number of rotatable bonds is 6. The first-order valence-electron chi connectivity index (χ1n) is 10.5. The summed E-state index contributed by atoms with van der Waals surface area (Å²) < 4.78 is 4.82. The van der Waals surface area contributed by atoms with Gasteiger partial charge in [0.15, 0.2) is 0 Å². The van der Waals surface area contributed by atoms with Crippen molar-refractivity contribution in [1.82, 2.24) is 4.98 Å². The van der Waals surface area contributed by atoms with Gasteiger partial charge in [-0.25, -0.2) is 9.78 Å². The minimum Gasteiger partial charge on any atom is -0.478 e. The van der Waals surface area contributed by atoms with E-state index in [1.165, 1.54) is 18.4 Å². The maximum Gasteiger partial charge on any atom is 0.336 e. The molecule has 0 bridgehead atoms. The van der Waals surface area contributed by atoms with Gasteiger partial charge in [-0.3, -0.25) is 4.79 Å². The zero-order valence-corrected chi connectivity index (χ0v) is 21.8. The number of carbonyl (C=O) groups is 2. The molecule has 2 aromatic carbocycles. The summed E-state index contributed by atoms with van der Waals surface area (Å²) in [4.78, 5) is 33.0. The number of nitrogens with one attached hydrogen (secondary N) is 1. The van der Waals surface area contributed by atoms with Crippen LogP contribution in [0.5, 0.6) is 0 Å². The third-order valence-corrected chi connectivity index (χ3v) is 5.56. The molecule has 1 aromatic heterocycles. The number of carboxylic acids is 1. The van der Waals surface area contributed by atoms with Crippen molar-refractivity contribution in [3.8, 4) is 0 Å². The van der Waals surface area contributed by atoms with Gasteiger partial charge >= 0.3 is 5.97 Å². The van der Waals surface area contributed by atoms with Gasteiger partial charge in [0.25, 0.3) is 0 Å². The molecule has 0 saturated carbocycles. The number of methoxy groups -OCH3 is 1. The molecule has 0 spiro atoms. The molecule has 0 radical (unpaired) electrons. The first-order valence-corrected chi connectivity index (χ1v) is 10.5. The average Bonchev–Trinajstić information content (AvgIpc) is 2.78. The lowest BCUT2D eigenvalue weighted by Gasteiger charge is -2.37. The zero-order valence-electron chi connectivity index (χ0n) is 19.4. The molecule has 2 heterocycles. The monoisotopic (exact) mass is 542 g/mol. The minimum atomic E-state index is -1.03. The standard InChI is InChI=1S/C24H26N4O4.3ClH/c1-16-4-3-5-18(12-16)27-8-10-28(11-9-27)22-14-20(24(30)31)19-13-17(6-7-21(19)26-22)25-23(29)15-32-2;;;/h3-7,12-14H,8-11,15H2,1-2H3,(H,25,29)(H,30,31);3*1H. The molecule has 190 valence electrons. The van der Waals surface area contributed by atoms with Crippen LogP contribution in [0.2, 0.25) is 0 Å². The van der Waals surface area contributed by atoms with Crippen LogP contribution in [0.3, 0.4) is 0 Å². The van der Waals surface area contributed by atoms with Gasteiger partial charge in [-0.1, -0.05) is 12.1 Å². The second-order valence-corrected chi connectivity index (χ2v) is 7.86. The van der Waals surface area contributed by atoms with E-state index in [0.717, 1.165) is 26.2 Å². The van der Waals surface area contributed by atoms with Crippen molar-refractivity contribution < 1.29 is 19.4 Å². The first kappa shape index (κ1) is 30.3. The molecule has 0 atom stereocenters. The summed E-state index contributed by atoms with van der Waals surface area (Å²) in [7, 11) is 1.44. The number of amides is 1. The third kappa shape index (κ3) is 7.11. The number of hydrogen-bond acceptors (Lipinski definition) is 6. The third-order valence-electron chi connectivity index (χ3n) is 5.56. The van der Waals surface area contributed by atoms with Gasteiger partial charge < -0.3 is 25.0 Å². The molecule has 4 rings (SSSR count). The number of anilines is 3. The van der Waals surface area contributed by atoms with Crippen molar-refractivity contribution in [2.75, 3.05) is 55.0 Å². The Balaban J connectivity index is 0.00000204. The van der Waals surface area contributed by atoms with E-state index in [-0.39, 0.29) is 55.3 Å². The van der Waals surface area contributed by atoms with E-state index in [1.54, 1.807) is 24.3 Å². The Morgan fingerprint density at radius 3 is 2.31 bits per heavy atom. The highest BCUT2D eigenvalue weighted by Crippen LogP contribution is 2.27. The van der Waals surface area contributed by atoms with Crippen molar-refractivity contribution in [3.63, 3.8) is 0 Å². The summed E-state index contributed by atoms with van der Waals surface area (Å²) in [5.74, 6) is -0.688. The van der Waals surface area contributed by atoms with Crippen molar-refractivity contribution in [3.05, 3.63) is 59.7 Å². The Hall–Kier alpha value is -2.78. The molecule has 8 nitrogen and oxygen atoms in total. The highest BCUT2D eigenvalue weighted by Gasteiger charge is 2.21. The van der Waals surface area contributed by atoms with Crippen LogP contribution in [0.1, 0.15) is 15.9 Å². The zero-order chi connectivity index (χ0) is 22.7. The number of halogens is 3. The van der Waals surface area contributed by atoms with Crippen LogP contribution in [0.15, 0.2) is 48.5 Å². The van der Waals surface area contributed by atoms with Crippen LogP contribution in [0.4, 0.5) is 17.2 Å². The Kier molecular flexibility index (Phi) is 11.5. The molecule has 3 aromatic rings. The molecule has 2 N–H and O–H groups in total. The fraction of sp³-hybridized carbons (Fsp3) is 0.292. The predicted molar refractivity (Wildman–Crippen MR) is 147 cm³/mol. The van der Waals surface area contributed by atoms with Gasteiger partial charge in [0.2, 0.25) is 5.91 Å². The number of piperazine rings is 1. The van der Waals surface area contributed by atoms with Crippen LogP contribution in [0.25, 0.3) is 10.9 Å². The Bertz CT molecular complexity index is 1170. The number of aryl methyl sites for hydroxylation is 1. The number of hydrogen-bond donors (Lipinski definition) is 2. The molecule has 1 fully saturated rings. The molecule has 35 heavy (non-hydrogen) atoms. The lowest BCUT2D eigenvalue weighted by Crippen LogP contribution is -2.46. The average molecular weight is 544 g/mol. The molecule has 1 aliphatic heterocycles.